The Kier molecular flexibility index (Phi) is 13.1. The fraction of sp³-hybridized carbons (Fsp3) is 0.233. The molecule has 13 heteroatoms. The lowest BCUT2D eigenvalue weighted by Crippen LogP contribution is -2.21. The second-order valence-electron chi connectivity index (χ2n) is 8.63. The molecule has 13 nitrogen and oxygen atoms in total. The molecule has 0 saturated carbocycles. The van der Waals surface area contributed by atoms with E-state index in [1.165, 1.54) is 32.4 Å². The number of methoxy groups -OCH3 is 2. The normalized spacial score (nSPS) is 9.60. The number of aryl methyl sites for hydroxylation is 1. The summed E-state index contributed by atoms with van der Waals surface area (Å²) in [4.78, 5) is 48.7. The van der Waals surface area contributed by atoms with E-state index in [4.69, 9.17) is 19.8 Å². The summed E-state index contributed by atoms with van der Waals surface area (Å²) in [5.41, 5.74) is 2.63. The molecule has 3 rings (SSSR count). The molecular formula is C30H28N4O9. The summed E-state index contributed by atoms with van der Waals surface area (Å²) >= 11 is 0. The van der Waals surface area contributed by atoms with Crippen LogP contribution in [0.1, 0.15) is 27.8 Å². The van der Waals surface area contributed by atoms with Crippen molar-refractivity contribution in [1.82, 2.24) is 4.98 Å². The number of rotatable bonds is 11. The number of carboxylic acids is 1. The Hall–Kier alpha value is -5.95. The van der Waals surface area contributed by atoms with E-state index in [-0.39, 0.29) is 48.0 Å². The van der Waals surface area contributed by atoms with E-state index in [1.807, 2.05) is 25.1 Å². The number of carbonyl (C=O) groups excluding carboxylic acids is 3. The summed E-state index contributed by atoms with van der Waals surface area (Å²) < 4.78 is 19.4. The molecule has 0 aliphatic rings. The maximum absolute atomic E-state index is 11.9. The molecule has 1 aromatic heterocycles. The van der Waals surface area contributed by atoms with Crippen molar-refractivity contribution < 1.29 is 43.2 Å². The van der Waals surface area contributed by atoms with Gasteiger partial charge in [0.15, 0.2) is 13.2 Å². The number of esters is 2. The lowest BCUT2D eigenvalue weighted by atomic mass is 10.1. The minimum absolute atomic E-state index is 0.0460. The van der Waals surface area contributed by atoms with Gasteiger partial charge in [-0.2, -0.15) is 10.5 Å². The van der Waals surface area contributed by atoms with Crippen LogP contribution >= 0.6 is 0 Å². The molecule has 1 heterocycles. The quantitative estimate of drug-likeness (QED) is 0.311. The number of ether oxygens (including phenoxy) is 4. The van der Waals surface area contributed by atoms with Crippen molar-refractivity contribution in [3.8, 4) is 23.6 Å². The van der Waals surface area contributed by atoms with E-state index >= 15 is 0 Å². The van der Waals surface area contributed by atoms with Crippen molar-refractivity contribution >= 4 is 29.6 Å². The molecule has 2 N–H and O–H groups in total. The van der Waals surface area contributed by atoms with Crippen LogP contribution in [0, 0.1) is 29.6 Å². The smallest absolute Gasteiger partial charge is 0.341 e. The molecule has 0 atom stereocenters. The van der Waals surface area contributed by atoms with Crippen molar-refractivity contribution in [3.63, 3.8) is 0 Å². The molecule has 0 spiro atoms. The Morgan fingerprint density at radius 2 is 1.33 bits per heavy atom. The third-order valence-electron chi connectivity index (χ3n) is 5.37. The van der Waals surface area contributed by atoms with Gasteiger partial charge in [-0.25, -0.2) is 9.78 Å². The minimum Gasteiger partial charge on any atom is -0.482 e. The third-order valence-corrected chi connectivity index (χ3v) is 5.37. The summed E-state index contributed by atoms with van der Waals surface area (Å²) in [6.07, 6.45) is 1.75. The van der Waals surface area contributed by atoms with Crippen LogP contribution in [0.2, 0.25) is 0 Å². The molecule has 2 aromatic carbocycles. The number of carbonyl (C=O) groups is 4. The van der Waals surface area contributed by atoms with E-state index in [2.05, 4.69) is 19.8 Å². The second-order valence-corrected chi connectivity index (χ2v) is 8.63. The maximum atomic E-state index is 11.9. The molecule has 0 saturated heterocycles. The molecule has 0 fully saturated rings. The molecule has 1 amide bonds. The van der Waals surface area contributed by atoms with Crippen LogP contribution in [0.3, 0.4) is 0 Å². The number of aliphatic carboxylic acids is 1. The number of benzene rings is 2. The Balaban J connectivity index is 0.000000317. The predicted octanol–water partition coefficient (Wildman–Crippen LogP) is 2.73. The van der Waals surface area contributed by atoms with Crippen LogP contribution < -0.4 is 14.8 Å². The number of amides is 1. The number of nitriles is 2. The van der Waals surface area contributed by atoms with Crippen molar-refractivity contribution in [3.05, 3.63) is 82.5 Å². The highest BCUT2D eigenvalue weighted by Crippen LogP contribution is 2.21. The van der Waals surface area contributed by atoms with Crippen molar-refractivity contribution in [2.24, 2.45) is 0 Å². The van der Waals surface area contributed by atoms with Crippen LogP contribution in [-0.2, 0) is 41.5 Å². The topological polar surface area (TPSA) is 198 Å². The number of hydrogen-bond acceptors (Lipinski definition) is 11. The van der Waals surface area contributed by atoms with E-state index in [1.54, 1.807) is 30.5 Å². The summed E-state index contributed by atoms with van der Waals surface area (Å²) in [5, 5.41) is 29.2. The number of carboxylic acid groups (broad SMARTS) is 1. The zero-order valence-electron chi connectivity index (χ0n) is 23.6. The Morgan fingerprint density at radius 1 is 0.814 bits per heavy atom. The first-order valence-corrected chi connectivity index (χ1v) is 12.5. The van der Waals surface area contributed by atoms with Gasteiger partial charge in [0.05, 0.1) is 38.2 Å². The second kappa shape index (κ2) is 17.0. The zero-order chi connectivity index (χ0) is 31.8. The van der Waals surface area contributed by atoms with E-state index in [0.29, 0.717) is 16.9 Å². The van der Waals surface area contributed by atoms with Crippen molar-refractivity contribution in [2.45, 2.75) is 19.8 Å². The van der Waals surface area contributed by atoms with Gasteiger partial charge in [-0.15, -0.1) is 0 Å². The van der Waals surface area contributed by atoms with Gasteiger partial charge in [-0.1, -0.05) is 18.2 Å². The van der Waals surface area contributed by atoms with E-state index in [0.717, 1.165) is 5.56 Å². The molecule has 0 unspecified atom stereocenters. The van der Waals surface area contributed by atoms with Gasteiger partial charge in [-0.3, -0.25) is 14.4 Å². The molecule has 0 aliphatic heterocycles. The predicted molar refractivity (Wildman–Crippen MR) is 150 cm³/mol. The van der Waals surface area contributed by atoms with Gasteiger partial charge in [0.2, 0.25) is 0 Å². The summed E-state index contributed by atoms with van der Waals surface area (Å²) in [5.74, 6) is -1.47. The lowest BCUT2D eigenvalue weighted by molar-refractivity contribution is -0.140. The molecule has 222 valence electrons. The lowest BCUT2D eigenvalue weighted by Gasteiger charge is -2.09. The molecule has 0 aliphatic carbocycles. The van der Waals surface area contributed by atoms with Crippen molar-refractivity contribution in [1.29, 1.82) is 10.5 Å². The summed E-state index contributed by atoms with van der Waals surface area (Å²) in [6.45, 7) is 1.11. The number of nitrogens with zero attached hydrogens (tertiary/aromatic N) is 3. The number of hydrogen-bond donors (Lipinski definition) is 2. The Morgan fingerprint density at radius 3 is 1.74 bits per heavy atom. The highest BCUT2D eigenvalue weighted by Gasteiger charge is 2.12. The standard InChI is InChI=1S/C18H17N3O4.C12H11NO5/c1-12-3-6-16(20-10-12)21-17(22)11-25-15-5-4-13(7-14(15)9-19)8-18(23)24-2;1-17-12(16)5-8-2-3-10(9(4-8)6-13)18-7-11(14)15/h3-7,10H,8,11H2,1-2H3,(H,20,21,22);2-4H,5,7H2,1H3,(H,14,15). The minimum atomic E-state index is -1.13. The van der Waals surface area contributed by atoms with Crippen LogP contribution in [0.25, 0.3) is 0 Å². The van der Waals surface area contributed by atoms with Gasteiger partial charge >= 0.3 is 17.9 Å². The van der Waals surface area contributed by atoms with Crippen molar-refractivity contribution in [2.75, 3.05) is 32.8 Å². The van der Waals surface area contributed by atoms with E-state index < -0.39 is 24.5 Å². The maximum Gasteiger partial charge on any atom is 0.341 e. The first kappa shape index (κ1) is 33.3. The molecule has 0 bridgehead atoms. The molecule has 43 heavy (non-hydrogen) atoms. The number of nitrogens with one attached hydrogen (secondary N) is 1. The summed E-state index contributed by atoms with van der Waals surface area (Å²) in [6, 6.07) is 16.6. The fourth-order valence-electron chi connectivity index (χ4n) is 3.28. The van der Waals surface area contributed by atoms with Crippen LogP contribution in [0.4, 0.5) is 5.82 Å². The average molecular weight is 589 g/mol. The van der Waals surface area contributed by atoms with Gasteiger partial charge < -0.3 is 29.4 Å². The Labute approximate surface area is 247 Å². The van der Waals surface area contributed by atoms with Gasteiger partial charge in [0.1, 0.15) is 29.5 Å². The average Bonchev–Trinajstić information content (AvgIpc) is 3.00. The molecular weight excluding hydrogens is 560 g/mol. The first-order valence-electron chi connectivity index (χ1n) is 12.5. The molecule has 3 aromatic rings. The highest BCUT2D eigenvalue weighted by molar-refractivity contribution is 5.91. The highest BCUT2D eigenvalue weighted by atomic mass is 16.5. The van der Waals surface area contributed by atoms with Gasteiger partial charge in [0, 0.05) is 6.20 Å². The largest absolute Gasteiger partial charge is 0.482 e. The van der Waals surface area contributed by atoms with Crippen LogP contribution in [-0.4, -0.2) is 61.3 Å². The molecule has 0 radical (unpaired) electrons. The fourth-order valence-corrected chi connectivity index (χ4v) is 3.28. The number of aromatic nitrogens is 1. The number of anilines is 1. The SMILES string of the molecule is COC(=O)Cc1ccc(OCC(=O)Nc2ccc(C)cn2)c(C#N)c1.COC(=O)Cc1ccc(OCC(=O)O)c(C#N)c1. The zero-order valence-corrected chi connectivity index (χ0v) is 23.6. The van der Waals surface area contributed by atoms with Crippen LogP contribution in [0.5, 0.6) is 11.5 Å². The van der Waals surface area contributed by atoms with Crippen LogP contribution in [0.15, 0.2) is 54.7 Å². The third kappa shape index (κ3) is 11.6. The number of pyridine rings is 1. The van der Waals surface area contributed by atoms with Gasteiger partial charge in [-0.05, 0) is 53.9 Å². The first-order chi connectivity index (χ1) is 20.6. The monoisotopic (exact) mass is 588 g/mol. The van der Waals surface area contributed by atoms with Gasteiger partial charge in [0.25, 0.3) is 5.91 Å². The summed E-state index contributed by atoms with van der Waals surface area (Å²) in [7, 11) is 2.57. The Bertz CT molecular complexity index is 1540. The van der Waals surface area contributed by atoms with E-state index in [9.17, 15) is 24.4 Å².